The fraction of sp³-hybridized carbons (Fsp3) is 0.727. The van der Waals surface area contributed by atoms with Gasteiger partial charge in [0.2, 0.25) is 10.0 Å². The van der Waals surface area contributed by atoms with E-state index in [1.165, 1.54) is 0 Å². The summed E-state index contributed by atoms with van der Waals surface area (Å²) in [6, 6.07) is 1.38. The van der Waals surface area contributed by atoms with Gasteiger partial charge in [0.15, 0.2) is 0 Å². The van der Waals surface area contributed by atoms with Crippen LogP contribution in [0.3, 0.4) is 0 Å². The lowest BCUT2D eigenvalue weighted by Crippen LogP contribution is -2.49. The highest BCUT2D eigenvalue weighted by Crippen LogP contribution is 2.18. The van der Waals surface area contributed by atoms with Crippen LogP contribution in [0.5, 0.6) is 0 Å². The lowest BCUT2D eigenvalue weighted by atomic mass is 9.92. The zero-order chi connectivity index (χ0) is 13.2. The first-order chi connectivity index (χ1) is 8.46. The Morgan fingerprint density at radius 1 is 1.50 bits per heavy atom. The van der Waals surface area contributed by atoms with Gasteiger partial charge in [-0.1, -0.05) is 18.0 Å². The number of nitrogens with one attached hydrogen (secondary N) is 1. The molecule has 102 valence electrons. The molecule has 1 aliphatic rings. The van der Waals surface area contributed by atoms with Crippen molar-refractivity contribution in [1.29, 1.82) is 0 Å². The summed E-state index contributed by atoms with van der Waals surface area (Å²) >= 11 is 0. The van der Waals surface area contributed by atoms with Gasteiger partial charge in [-0.2, -0.15) is 0 Å². The second-order valence-corrected chi connectivity index (χ2v) is 6.61. The number of rotatable bonds is 4. The quantitative estimate of drug-likeness (QED) is 0.840. The van der Waals surface area contributed by atoms with E-state index in [2.05, 4.69) is 9.88 Å². The molecule has 1 aromatic rings. The van der Waals surface area contributed by atoms with Gasteiger partial charge in [0.05, 0.1) is 0 Å². The highest BCUT2D eigenvalue weighted by atomic mass is 32.2. The molecule has 0 aliphatic heterocycles. The Morgan fingerprint density at radius 3 is 2.83 bits per heavy atom. The first-order valence-corrected chi connectivity index (χ1v) is 7.79. The molecule has 0 bridgehead atoms. The van der Waals surface area contributed by atoms with E-state index in [9.17, 15) is 8.42 Å². The van der Waals surface area contributed by atoms with E-state index < -0.39 is 10.0 Å². The standard InChI is InChI=1S/C11H19N3O3S/c1-8-6-9(13-17-8)7-18(15,16)14-11-5-3-2-4-10(11)12/h6,10-11,14H,2-5,7,12H2,1H3. The molecule has 6 nitrogen and oxygen atoms in total. The van der Waals surface area contributed by atoms with E-state index in [-0.39, 0.29) is 17.8 Å². The predicted molar refractivity (Wildman–Crippen MR) is 67.2 cm³/mol. The molecular weight excluding hydrogens is 254 g/mol. The zero-order valence-electron chi connectivity index (χ0n) is 10.4. The topological polar surface area (TPSA) is 98.2 Å². The number of aromatic nitrogens is 1. The SMILES string of the molecule is Cc1cc(CS(=O)(=O)NC2CCCCC2N)no1. The van der Waals surface area contributed by atoms with E-state index in [0.717, 1.165) is 25.7 Å². The molecule has 0 spiro atoms. The van der Waals surface area contributed by atoms with Crippen LogP contribution in [0.4, 0.5) is 0 Å². The molecule has 1 fully saturated rings. The molecule has 0 saturated heterocycles. The van der Waals surface area contributed by atoms with Gasteiger partial charge in [-0.25, -0.2) is 13.1 Å². The summed E-state index contributed by atoms with van der Waals surface area (Å²) in [6.45, 7) is 1.73. The van der Waals surface area contributed by atoms with Crippen molar-refractivity contribution in [2.75, 3.05) is 0 Å². The number of nitrogens with zero attached hydrogens (tertiary/aromatic N) is 1. The van der Waals surface area contributed by atoms with Gasteiger partial charge in [0.25, 0.3) is 0 Å². The van der Waals surface area contributed by atoms with E-state index in [0.29, 0.717) is 11.5 Å². The minimum Gasteiger partial charge on any atom is -0.361 e. The van der Waals surface area contributed by atoms with Crippen LogP contribution >= 0.6 is 0 Å². The van der Waals surface area contributed by atoms with Crippen LogP contribution in [-0.2, 0) is 15.8 Å². The van der Waals surface area contributed by atoms with Crippen molar-refractivity contribution in [3.05, 3.63) is 17.5 Å². The lowest BCUT2D eigenvalue weighted by Gasteiger charge is -2.28. The molecule has 7 heteroatoms. The van der Waals surface area contributed by atoms with Gasteiger partial charge in [0.1, 0.15) is 17.2 Å². The summed E-state index contributed by atoms with van der Waals surface area (Å²) in [5.74, 6) is 0.447. The minimum absolute atomic E-state index is 0.0902. The molecule has 0 radical (unpaired) electrons. The largest absolute Gasteiger partial charge is 0.361 e. The molecule has 3 N–H and O–H groups in total. The predicted octanol–water partition coefficient (Wildman–Crippen LogP) is 0.672. The van der Waals surface area contributed by atoms with Crippen molar-refractivity contribution >= 4 is 10.0 Å². The van der Waals surface area contributed by atoms with Crippen LogP contribution in [0.25, 0.3) is 0 Å². The molecule has 1 aliphatic carbocycles. The summed E-state index contributed by atoms with van der Waals surface area (Å²) in [7, 11) is -3.41. The van der Waals surface area contributed by atoms with Crippen LogP contribution in [0.1, 0.15) is 37.1 Å². The number of aryl methyl sites for hydroxylation is 1. The van der Waals surface area contributed by atoms with Crippen molar-refractivity contribution in [1.82, 2.24) is 9.88 Å². The fourth-order valence-electron chi connectivity index (χ4n) is 2.26. The Hall–Kier alpha value is -0.920. The zero-order valence-corrected chi connectivity index (χ0v) is 11.2. The molecule has 1 aromatic heterocycles. The Balaban J connectivity index is 1.98. The molecule has 2 atom stereocenters. The number of hydrogen-bond donors (Lipinski definition) is 2. The summed E-state index contributed by atoms with van der Waals surface area (Å²) in [5, 5.41) is 3.69. The lowest BCUT2D eigenvalue weighted by molar-refractivity contribution is 0.360. The van der Waals surface area contributed by atoms with Crippen LogP contribution in [0.15, 0.2) is 10.6 Å². The normalized spacial score (nSPS) is 25.2. The maximum Gasteiger partial charge on any atom is 0.217 e. The number of sulfonamides is 1. The molecule has 1 heterocycles. The maximum atomic E-state index is 12.0. The average Bonchev–Trinajstić information content (AvgIpc) is 2.66. The monoisotopic (exact) mass is 273 g/mol. The fourth-order valence-corrected chi connectivity index (χ4v) is 3.62. The molecule has 2 rings (SSSR count). The van der Waals surface area contributed by atoms with Gasteiger partial charge in [-0.3, -0.25) is 0 Å². The second-order valence-electron chi connectivity index (χ2n) is 4.86. The molecule has 1 saturated carbocycles. The van der Waals surface area contributed by atoms with Crippen molar-refractivity contribution < 1.29 is 12.9 Å². The molecule has 2 unspecified atom stereocenters. The van der Waals surface area contributed by atoms with E-state index in [4.69, 9.17) is 10.3 Å². The summed E-state index contributed by atoms with van der Waals surface area (Å²) in [4.78, 5) is 0. The minimum atomic E-state index is -3.41. The van der Waals surface area contributed by atoms with Gasteiger partial charge >= 0.3 is 0 Å². The highest BCUT2D eigenvalue weighted by Gasteiger charge is 2.26. The summed E-state index contributed by atoms with van der Waals surface area (Å²) in [6.07, 6.45) is 3.76. The Bertz CT molecular complexity index is 497. The van der Waals surface area contributed by atoms with Crippen molar-refractivity contribution in [3.63, 3.8) is 0 Å². The first kappa shape index (κ1) is 13.5. The van der Waals surface area contributed by atoms with Gasteiger partial charge in [-0.15, -0.1) is 0 Å². The summed E-state index contributed by atoms with van der Waals surface area (Å²) in [5.41, 5.74) is 6.34. The molecule has 0 amide bonds. The third kappa shape index (κ3) is 3.54. The molecule has 0 aromatic carbocycles. The van der Waals surface area contributed by atoms with Crippen molar-refractivity contribution in [2.24, 2.45) is 5.73 Å². The highest BCUT2D eigenvalue weighted by molar-refractivity contribution is 7.88. The maximum absolute atomic E-state index is 12.0. The van der Waals surface area contributed by atoms with E-state index >= 15 is 0 Å². The van der Waals surface area contributed by atoms with E-state index in [1.54, 1.807) is 13.0 Å². The van der Waals surface area contributed by atoms with Gasteiger partial charge in [0, 0.05) is 18.2 Å². The number of nitrogens with two attached hydrogens (primary N) is 1. The smallest absolute Gasteiger partial charge is 0.217 e. The Morgan fingerprint density at radius 2 is 2.22 bits per heavy atom. The van der Waals surface area contributed by atoms with Crippen LogP contribution in [-0.4, -0.2) is 25.7 Å². The first-order valence-electron chi connectivity index (χ1n) is 6.14. The van der Waals surface area contributed by atoms with Crippen LogP contribution in [0.2, 0.25) is 0 Å². The van der Waals surface area contributed by atoms with Gasteiger partial charge < -0.3 is 10.3 Å². The van der Waals surface area contributed by atoms with Crippen molar-refractivity contribution in [2.45, 2.75) is 50.4 Å². The van der Waals surface area contributed by atoms with Crippen LogP contribution < -0.4 is 10.5 Å². The Kier molecular flexibility index (Phi) is 4.04. The molecular formula is C11H19N3O3S. The summed E-state index contributed by atoms with van der Waals surface area (Å²) < 4.78 is 31.5. The molecule has 18 heavy (non-hydrogen) atoms. The van der Waals surface area contributed by atoms with Crippen LogP contribution in [0, 0.1) is 6.92 Å². The second kappa shape index (κ2) is 5.38. The third-order valence-corrected chi connectivity index (χ3v) is 4.50. The van der Waals surface area contributed by atoms with Crippen molar-refractivity contribution in [3.8, 4) is 0 Å². The average molecular weight is 273 g/mol. The third-order valence-electron chi connectivity index (χ3n) is 3.17. The Labute approximate surface area is 107 Å². The van der Waals surface area contributed by atoms with E-state index in [1.807, 2.05) is 0 Å². The van der Waals surface area contributed by atoms with Gasteiger partial charge in [-0.05, 0) is 19.8 Å². The number of hydrogen-bond acceptors (Lipinski definition) is 5.